The Morgan fingerprint density at radius 1 is 1.16 bits per heavy atom. The number of carbonyl (C=O) groups excluding carboxylic acids is 1. The molecule has 0 bridgehead atoms. The monoisotopic (exact) mass is 434 g/mol. The number of pyridine rings is 1. The van der Waals surface area contributed by atoms with Crippen LogP contribution in [-0.2, 0) is 0 Å². The fourth-order valence-electron chi connectivity index (χ4n) is 5.16. The minimum atomic E-state index is -0.392. The van der Waals surface area contributed by atoms with Crippen LogP contribution in [-0.4, -0.2) is 65.5 Å². The van der Waals surface area contributed by atoms with Crippen LogP contribution in [0.5, 0.6) is 0 Å². The Hall–Kier alpha value is -3.04. The number of thiazole rings is 1. The maximum absolute atomic E-state index is 13.3. The van der Waals surface area contributed by atoms with E-state index in [1.165, 1.54) is 18.4 Å². The molecule has 4 aromatic rings. The van der Waals surface area contributed by atoms with Crippen LogP contribution in [0.3, 0.4) is 0 Å². The first kappa shape index (κ1) is 18.7. The molecule has 0 radical (unpaired) electrons. The summed E-state index contributed by atoms with van der Waals surface area (Å²) in [6.45, 7) is 4.06. The average molecular weight is 435 g/mol. The van der Waals surface area contributed by atoms with Crippen molar-refractivity contribution in [2.45, 2.75) is 0 Å². The van der Waals surface area contributed by atoms with E-state index in [4.69, 9.17) is 4.98 Å². The molecule has 31 heavy (non-hydrogen) atoms. The Bertz CT molecular complexity index is 1410. The minimum Gasteiger partial charge on any atom is -0.355 e. The van der Waals surface area contributed by atoms with E-state index in [0.717, 1.165) is 36.4 Å². The fourth-order valence-corrected chi connectivity index (χ4v) is 6.34. The molecule has 8 nitrogen and oxygen atoms in total. The Balaban J connectivity index is 1.60. The number of anilines is 1. The Morgan fingerprint density at radius 3 is 2.65 bits per heavy atom. The quantitative estimate of drug-likeness (QED) is 0.518. The summed E-state index contributed by atoms with van der Waals surface area (Å²) in [6.07, 6.45) is 1.59. The first-order valence-corrected chi connectivity index (χ1v) is 11.3. The van der Waals surface area contributed by atoms with Crippen molar-refractivity contribution in [3.63, 3.8) is 0 Å². The van der Waals surface area contributed by atoms with Crippen LogP contribution < -0.4 is 15.6 Å². The second-order valence-corrected chi connectivity index (χ2v) is 9.58. The van der Waals surface area contributed by atoms with Crippen LogP contribution in [0.2, 0.25) is 0 Å². The lowest BCUT2D eigenvalue weighted by atomic mass is 10.0. The summed E-state index contributed by atoms with van der Waals surface area (Å²) in [6, 6.07) is 7.91. The molecule has 2 aliphatic heterocycles. The van der Waals surface area contributed by atoms with Gasteiger partial charge in [-0.15, -0.1) is 11.3 Å². The summed E-state index contributed by atoms with van der Waals surface area (Å²) >= 11 is 1.44. The van der Waals surface area contributed by atoms with Crippen molar-refractivity contribution in [2.75, 3.05) is 45.2 Å². The summed E-state index contributed by atoms with van der Waals surface area (Å²) in [4.78, 5) is 40.6. The van der Waals surface area contributed by atoms with Gasteiger partial charge in [0.15, 0.2) is 5.65 Å². The number of fused-ring (bicyclic) bond motifs is 6. The summed E-state index contributed by atoms with van der Waals surface area (Å²) in [5.74, 6) is 1.52. The van der Waals surface area contributed by atoms with E-state index in [9.17, 15) is 9.59 Å². The molecule has 158 valence electrons. The maximum Gasteiger partial charge on any atom is 0.258 e. The molecular formula is C22H22N6O2S. The lowest BCUT2D eigenvalue weighted by molar-refractivity contribution is 0.0963. The Morgan fingerprint density at radius 2 is 1.90 bits per heavy atom. The third kappa shape index (κ3) is 2.69. The zero-order valence-electron chi connectivity index (χ0n) is 17.3. The van der Waals surface area contributed by atoms with E-state index < -0.39 is 5.91 Å². The molecule has 2 unspecified atom stereocenters. The number of carbonyl (C=O) groups is 1. The van der Waals surface area contributed by atoms with Gasteiger partial charge in [0.2, 0.25) is 11.4 Å². The van der Waals surface area contributed by atoms with Crippen LogP contribution in [0.15, 0.2) is 35.3 Å². The number of aromatic nitrogens is 3. The molecule has 0 aliphatic carbocycles. The van der Waals surface area contributed by atoms with Gasteiger partial charge in [-0.3, -0.25) is 14.0 Å². The maximum atomic E-state index is 13.3. The van der Waals surface area contributed by atoms with E-state index in [2.05, 4.69) is 27.1 Å². The standard InChI is InChI=1S/C22H22N6O2S/c1-23-20(30)17-18(29)14-7-24-22(27-10-12-8-26(2)9-13(12)11-27)25-19(14)28-15-5-3-4-6-16(15)31-21(17)28/h3-7,12-13H,8-11H2,1-2H3,(H,23,30). The molecule has 9 heteroatoms. The molecule has 2 aliphatic rings. The Labute approximate surface area is 182 Å². The molecule has 2 saturated heterocycles. The number of nitrogens with zero attached hydrogens (tertiary/aromatic N) is 5. The molecule has 1 N–H and O–H groups in total. The SMILES string of the molecule is CNC(=O)c1c(=O)c2cnc(N3CC4CN(C)CC4C3)nc2n2c1sc1ccccc12. The largest absolute Gasteiger partial charge is 0.355 e. The van der Waals surface area contributed by atoms with Crippen LogP contribution in [0.4, 0.5) is 5.95 Å². The topological polar surface area (TPSA) is 82.8 Å². The third-order valence-electron chi connectivity index (χ3n) is 6.57. The van der Waals surface area contributed by atoms with Crippen molar-refractivity contribution < 1.29 is 4.79 Å². The predicted octanol–water partition coefficient (Wildman–Crippen LogP) is 1.81. The Kier molecular flexibility index (Phi) is 4.06. The van der Waals surface area contributed by atoms with Gasteiger partial charge >= 0.3 is 0 Å². The highest BCUT2D eigenvalue weighted by Crippen LogP contribution is 2.34. The van der Waals surface area contributed by atoms with Gasteiger partial charge in [-0.1, -0.05) is 12.1 Å². The highest BCUT2D eigenvalue weighted by molar-refractivity contribution is 7.24. The van der Waals surface area contributed by atoms with Crippen molar-refractivity contribution in [3.05, 3.63) is 46.2 Å². The normalized spacial score (nSPS) is 21.4. The first-order chi connectivity index (χ1) is 15.0. The first-order valence-electron chi connectivity index (χ1n) is 10.4. The fraction of sp³-hybridized carbons (Fsp3) is 0.364. The number of hydrogen-bond donors (Lipinski definition) is 1. The van der Waals surface area contributed by atoms with Gasteiger partial charge in [-0.2, -0.15) is 4.98 Å². The van der Waals surface area contributed by atoms with E-state index in [1.807, 2.05) is 28.7 Å². The van der Waals surface area contributed by atoms with E-state index in [0.29, 0.717) is 33.6 Å². The van der Waals surface area contributed by atoms with E-state index >= 15 is 0 Å². The predicted molar refractivity (Wildman–Crippen MR) is 122 cm³/mol. The molecule has 5 heterocycles. The second kappa shape index (κ2) is 6.73. The van der Waals surface area contributed by atoms with Crippen LogP contribution in [0.1, 0.15) is 10.4 Å². The third-order valence-corrected chi connectivity index (χ3v) is 7.72. The van der Waals surface area contributed by atoms with E-state index in [1.54, 1.807) is 6.20 Å². The number of likely N-dealkylation sites (tertiary alicyclic amines) is 1. The number of nitrogens with one attached hydrogen (secondary N) is 1. The second-order valence-electron chi connectivity index (χ2n) is 8.55. The van der Waals surface area contributed by atoms with Gasteiger partial charge < -0.3 is 15.1 Å². The van der Waals surface area contributed by atoms with Gasteiger partial charge in [-0.05, 0) is 31.0 Å². The van der Waals surface area contributed by atoms with Gasteiger partial charge in [0.1, 0.15) is 10.4 Å². The zero-order valence-corrected chi connectivity index (χ0v) is 18.1. The van der Waals surface area contributed by atoms with Gasteiger partial charge in [-0.25, -0.2) is 4.98 Å². The molecule has 1 amide bonds. The highest BCUT2D eigenvalue weighted by atomic mass is 32.1. The zero-order chi connectivity index (χ0) is 21.3. The number of rotatable bonds is 2. The molecule has 0 spiro atoms. The van der Waals surface area contributed by atoms with Gasteiger partial charge in [0.25, 0.3) is 5.91 Å². The summed E-state index contributed by atoms with van der Waals surface area (Å²) in [5, 5.41) is 2.97. The number of benzene rings is 1. The lowest BCUT2D eigenvalue weighted by Gasteiger charge is -2.19. The molecule has 6 rings (SSSR count). The van der Waals surface area contributed by atoms with Crippen molar-refractivity contribution >= 4 is 49.3 Å². The molecule has 1 aromatic carbocycles. The van der Waals surface area contributed by atoms with Crippen molar-refractivity contribution in [3.8, 4) is 0 Å². The summed E-state index contributed by atoms with van der Waals surface area (Å²) < 4.78 is 2.94. The van der Waals surface area contributed by atoms with Crippen LogP contribution >= 0.6 is 11.3 Å². The van der Waals surface area contributed by atoms with Crippen LogP contribution in [0, 0.1) is 11.8 Å². The summed E-state index contributed by atoms with van der Waals surface area (Å²) in [5.41, 5.74) is 1.31. The molecule has 3 aromatic heterocycles. The average Bonchev–Trinajstić information content (AvgIpc) is 3.43. The van der Waals surface area contributed by atoms with Crippen molar-refractivity contribution in [2.24, 2.45) is 11.8 Å². The lowest BCUT2D eigenvalue weighted by Crippen LogP contribution is -2.29. The molecule has 2 fully saturated rings. The van der Waals surface area contributed by atoms with E-state index in [-0.39, 0.29) is 11.0 Å². The molecule has 0 saturated carbocycles. The number of amides is 1. The summed E-state index contributed by atoms with van der Waals surface area (Å²) in [7, 11) is 3.71. The van der Waals surface area contributed by atoms with Crippen molar-refractivity contribution in [1.29, 1.82) is 0 Å². The highest BCUT2D eigenvalue weighted by Gasteiger charge is 2.39. The molecule has 2 atom stereocenters. The smallest absolute Gasteiger partial charge is 0.258 e. The van der Waals surface area contributed by atoms with Gasteiger partial charge in [0, 0.05) is 39.4 Å². The molecular weight excluding hydrogens is 412 g/mol. The minimum absolute atomic E-state index is 0.145. The number of para-hydroxylation sites is 1. The van der Waals surface area contributed by atoms with Gasteiger partial charge in [0.05, 0.1) is 15.6 Å². The van der Waals surface area contributed by atoms with Crippen LogP contribution in [0.25, 0.3) is 26.1 Å². The number of hydrogen-bond acceptors (Lipinski definition) is 7. The van der Waals surface area contributed by atoms with Crippen molar-refractivity contribution in [1.82, 2.24) is 24.6 Å².